The van der Waals surface area contributed by atoms with Gasteiger partial charge < -0.3 is 10.1 Å². The van der Waals surface area contributed by atoms with Crippen LogP contribution in [0.25, 0.3) is 0 Å². The van der Waals surface area contributed by atoms with Crippen LogP contribution in [0.5, 0.6) is 5.75 Å². The summed E-state index contributed by atoms with van der Waals surface area (Å²) in [4.78, 5) is 22.5. The van der Waals surface area contributed by atoms with E-state index in [0.29, 0.717) is 12.3 Å². The molecule has 0 amide bonds. The summed E-state index contributed by atoms with van der Waals surface area (Å²) < 4.78 is 17.7. The van der Waals surface area contributed by atoms with Crippen LogP contribution in [0, 0.1) is 5.82 Å². The highest BCUT2D eigenvalue weighted by Gasteiger charge is 2.22. The van der Waals surface area contributed by atoms with Crippen LogP contribution < -0.4 is 20.9 Å². The molecule has 2 aromatic rings. The molecule has 5 heteroatoms. The summed E-state index contributed by atoms with van der Waals surface area (Å²) in [6.45, 7) is 2.03. The minimum absolute atomic E-state index is 0.0434. The summed E-state index contributed by atoms with van der Waals surface area (Å²) in [5, 5.41) is 2.74. The lowest BCUT2D eigenvalue weighted by molar-refractivity contribution is 0.335. The molecular weight excluding hydrogens is 225 g/mol. The topological polar surface area (TPSA) is 55.4 Å². The van der Waals surface area contributed by atoms with E-state index in [9.17, 15) is 14.0 Å². The van der Waals surface area contributed by atoms with Gasteiger partial charge in [-0.05, 0) is 31.2 Å². The molecular formula is C12H10FNO3. The van der Waals surface area contributed by atoms with Crippen LogP contribution in [0.2, 0.25) is 0 Å². The molecule has 0 heterocycles. The third kappa shape index (κ3) is 2.04. The Kier molecular flexibility index (Phi) is 2.91. The van der Waals surface area contributed by atoms with E-state index in [4.69, 9.17) is 4.74 Å². The SMILES string of the molecule is CCOc1c(Nc2ccc(F)cc2)c(=O)c1=O. The standard InChI is InChI=1S/C12H10FNO3/c1-2-17-12-9(10(15)11(12)16)14-8-5-3-7(13)4-6-8/h3-6,14H,2H2,1H3. The summed E-state index contributed by atoms with van der Waals surface area (Å²) in [6, 6.07) is 5.46. The smallest absolute Gasteiger partial charge is 0.272 e. The first-order valence-electron chi connectivity index (χ1n) is 5.12. The monoisotopic (exact) mass is 235 g/mol. The zero-order valence-corrected chi connectivity index (χ0v) is 9.12. The molecule has 2 rings (SSSR count). The second-order valence-electron chi connectivity index (χ2n) is 3.43. The van der Waals surface area contributed by atoms with Crippen molar-refractivity contribution in [3.63, 3.8) is 0 Å². The minimum atomic E-state index is -0.628. The minimum Gasteiger partial charge on any atom is -0.488 e. The van der Waals surface area contributed by atoms with Gasteiger partial charge >= 0.3 is 0 Å². The molecule has 1 N–H and O–H groups in total. The third-order valence-corrected chi connectivity index (χ3v) is 2.27. The highest BCUT2D eigenvalue weighted by Crippen LogP contribution is 2.22. The molecule has 0 saturated heterocycles. The van der Waals surface area contributed by atoms with Crippen molar-refractivity contribution in [1.29, 1.82) is 0 Å². The van der Waals surface area contributed by atoms with Crippen molar-refractivity contribution in [3.8, 4) is 5.75 Å². The van der Waals surface area contributed by atoms with Crippen molar-refractivity contribution < 1.29 is 9.13 Å². The van der Waals surface area contributed by atoms with Gasteiger partial charge in [-0.25, -0.2) is 4.39 Å². The Bertz CT molecular complexity index is 597. The molecule has 0 bridgehead atoms. The lowest BCUT2D eigenvalue weighted by atomic mass is 10.2. The van der Waals surface area contributed by atoms with Gasteiger partial charge in [0.05, 0.1) is 6.61 Å². The average molecular weight is 235 g/mol. The van der Waals surface area contributed by atoms with Gasteiger partial charge in [0.25, 0.3) is 10.9 Å². The number of nitrogens with one attached hydrogen (secondary N) is 1. The Balaban J connectivity index is 2.25. The number of hydrogen-bond acceptors (Lipinski definition) is 4. The van der Waals surface area contributed by atoms with E-state index in [0.717, 1.165) is 0 Å². The fraction of sp³-hybridized carbons (Fsp3) is 0.167. The summed E-state index contributed by atoms with van der Waals surface area (Å²) in [7, 11) is 0. The van der Waals surface area contributed by atoms with Crippen molar-refractivity contribution in [2.24, 2.45) is 0 Å². The Morgan fingerprint density at radius 3 is 2.41 bits per heavy atom. The van der Waals surface area contributed by atoms with Gasteiger partial charge in [-0.3, -0.25) is 9.59 Å². The average Bonchev–Trinajstić information content (AvgIpc) is 2.35. The fourth-order valence-corrected chi connectivity index (χ4v) is 1.44. The second kappa shape index (κ2) is 4.37. The van der Waals surface area contributed by atoms with E-state index in [1.807, 2.05) is 0 Å². The van der Waals surface area contributed by atoms with Crippen LogP contribution in [0.3, 0.4) is 0 Å². The van der Waals surface area contributed by atoms with E-state index in [1.54, 1.807) is 6.92 Å². The van der Waals surface area contributed by atoms with Crippen molar-refractivity contribution in [2.45, 2.75) is 6.92 Å². The van der Waals surface area contributed by atoms with Crippen LogP contribution >= 0.6 is 0 Å². The Labute approximate surface area is 96.3 Å². The van der Waals surface area contributed by atoms with Gasteiger partial charge in [-0.15, -0.1) is 0 Å². The van der Waals surface area contributed by atoms with Crippen molar-refractivity contribution >= 4 is 11.4 Å². The predicted octanol–water partition coefficient (Wildman–Crippen LogP) is 1.56. The predicted molar refractivity (Wildman–Crippen MR) is 62.2 cm³/mol. The maximum absolute atomic E-state index is 12.7. The first-order valence-corrected chi connectivity index (χ1v) is 5.12. The Morgan fingerprint density at radius 2 is 1.82 bits per heavy atom. The van der Waals surface area contributed by atoms with Crippen LogP contribution in [0.15, 0.2) is 33.9 Å². The summed E-state index contributed by atoms with van der Waals surface area (Å²) in [5.74, 6) is -0.326. The van der Waals surface area contributed by atoms with Gasteiger partial charge in [-0.2, -0.15) is 0 Å². The van der Waals surface area contributed by atoms with E-state index < -0.39 is 10.9 Å². The molecule has 0 aliphatic carbocycles. The zero-order valence-electron chi connectivity index (χ0n) is 9.12. The van der Waals surface area contributed by atoms with E-state index in [1.165, 1.54) is 24.3 Å². The number of anilines is 2. The normalized spacial score (nSPS) is 10.5. The Hall–Kier alpha value is -2.17. The number of rotatable bonds is 4. The van der Waals surface area contributed by atoms with E-state index >= 15 is 0 Å². The molecule has 0 unspecified atom stereocenters. The zero-order chi connectivity index (χ0) is 12.4. The van der Waals surface area contributed by atoms with Crippen LogP contribution in [-0.2, 0) is 0 Å². The summed E-state index contributed by atoms with van der Waals surface area (Å²) >= 11 is 0. The van der Waals surface area contributed by atoms with Crippen molar-refractivity contribution in [1.82, 2.24) is 0 Å². The summed E-state index contributed by atoms with van der Waals surface area (Å²) in [5.41, 5.74) is -0.586. The maximum Gasteiger partial charge on any atom is 0.272 e. The van der Waals surface area contributed by atoms with Gasteiger partial charge in [0.15, 0.2) is 5.75 Å². The van der Waals surface area contributed by atoms with Gasteiger partial charge in [0, 0.05) is 5.69 Å². The second-order valence-corrected chi connectivity index (χ2v) is 3.43. The van der Waals surface area contributed by atoms with Gasteiger partial charge in [-0.1, -0.05) is 0 Å². The van der Waals surface area contributed by atoms with Crippen LogP contribution in [0.1, 0.15) is 6.92 Å². The highest BCUT2D eigenvalue weighted by atomic mass is 19.1. The molecule has 2 aromatic carbocycles. The first kappa shape index (κ1) is 11.3. The van der Waals surface area contributed by atoms with Crippen molar-refractivity contribution in [3.05, 3.63) is 50.5 Å². The molecule has 0 aromatic heterocycles. The van der Waals surface area contributed by atoms with E-state index in [-0.39, 0.29) is 17.3 Å². The lowest BCUT2D eigenvalue weighted by Crippen LogP contribution is -2.35. The Morgan fingerprint density at radius 1 is 1.18 bits per heavy atom. The number of halogens is 1. The summed E-state index contributed by atoms with van der Waals surface area (Å²) in [6.07, 6.45) is 0. The van der Waals surface area contributed by atoms with Gasteiger partial charge in [0.1, 0.15) is 11.5 Å². The molecule has 17 heavy (non-hydrogen) atoms. The molecule has 88 valence electrons. The first-order chi connectivity index (χ1) is 8.13. The molecule has 0 spiro atoms. The maximum atomic E-state index is 12.7. The van der Waals surface area contributed by atoms with Crippen LogP contribution in [0.4, 0.5) is 15.8 Å². The highest BCUT2D eigenvalue weighted by molar-refractivity contribution is 5.69. The molecule has 0 atom stereocenters. The molecule has 0 fully saturated rings. The number of benzene rings is 1. The largest absolute Gasteiger partial charge is 0.488 e. The van der Waals surface area contributed by atoms with Gasteiger partial charge in [0.2, 0.25) is 0 Å². The molecule has 0 saturated carbocycles. The third-order valence-electron chi connectivity index (χ3n) is 2.27. The van der Waals surface area contributed by atoms with Crippen molar-refractivity contribution in [2.75, 3.05) is 11.9 Å². The lowest BCUT2D eigenvalue weighted by Gasteiger charge is -2.12. The molecule has 0 aliphatic rings. The molecule has 0 aliphatic heterocycles. The van der Waals surface area contributed by atoms with Crippen LogP contribution in [-0.4, -0.2) is 6.61 Å². The number of ether oxygens (including phenoxy) is 1. The van der Waals surface area contributed by atoms with E-state index in [2.05, 4.69) is 5.32 Å². The molecule has 4 nitrogen and oxygen atoms in total. The fourth-order valence-electron chi connectivity index (χ4n) is 1.44. The number of hydrogen-bond donors (Lipinski definition) is 1. The molecule has 0 radical (unpaired) electrons. The quantitative estimate of drug-likeness (QED) is 0.817.